The molecule has 0 nitrogen and oxygen atoms in total. The number of hydrogen-bond acceptors (Lipinski definition) is 0. The van der Waals surface area contributed by atoms with E-state index in [0.29, 0.717) is 0 Å². The van der Waals surface area contributed by atoms with Crippen molar-refractivity contribution in [1.29, 1.82) is 0 Å². The molecule has 2 rings (SSSR count). The standard InChI is InChI=1S/C10H20P2/c11-9-5-1-3-7(9)8-4-2-6-10(8)12/h7-10H,1-6,11-12H2/t7-,8-,9?,10?/m0/s1. The highest BCUT2D eigenvalue weighted by Crippen LogP contribution is 2.45. The summed E-state index contributed by atoms with van der Waals surface area (Å²) in [5.41, 5.74) is 1.88. The van der Waals surface area contributed by atoms with Crippen molar-refractivity contribution in [3.05, 3.63) is 0 Å². The maximum Gasteiger partial charge on any atom is -0.0233 e. The van der Waals surface area contributed by atoms with Crippen LogP contribution in [0.1, 0.15) is 38.5 Å². The molecule has 0 aromatic heterocycles. The van der Waals surface area contributed by atoms with Gasteiger partial charge in [0.05, 0.1) is 0 Å². The highest BCUT2D eigenvalue weighted by Gasteiger charge is 2.36. The zero-order valence-electron chi connectivity index (χ0n) is 7.71. The summed E-state index contributed by atoms with van der Waals surface area (Å²) in [6, 6.07) is 0. The van der Waals surface area contributed by atoms with Crippen LogP contribution < -0.4 is 0 Å². The Kier molecular flexibility index (Phi) is 3.09. The lowest BCUT2D eigenvalue weighted by atomic mass is 9.89. The van der Waals surface area contributed by atoms with Gasteiger partial charge in [0.25, 0.3) is 0 Å². The molecule has 0 bridgehead atoms. The molecule has 2 aliphatic carbocycles. The van der Waals surface area contributed by atoms with Crippen LogP contribution in [-0.4, -0.2) is 11.3 Å². The normalized spacial score (nSPS) is 48.5. The smallest absolute Gasteiger partial charge is 0.0233 e. The van der Waals surface area contributed by atoms with Gasteiger partial charge in [-0.15, -0.1) is 18.5 Å². The molecule has 0 radical (unpaired) electrons. The lowest BCUT2D eigenvalue weighted by Crippen LogP contribution is -2.22. The molecule has 2 aliphatic rings. The molecule has 2 saturated carbocycles. The summed E-state index contributed by atoms with van der Waals surface area (Å²) in [6.45, 7) is 0. The molecule has 0 spiro atoms. The van der Waals surface area contributed by atoms with Gasteiger partial charge in [0, 0.05) is 0 Å². The van der Waals surface area contributed by atoms with Gasteiger partial charge in [0.1, 0.15) is 0 Å². The van der Waals surface area contributed by atoms with Crippen LogP contribution in [0.3, 0.4) is 0 Å². The Morgan fingerprint density at radius 2 is 1.08 bits per heavy atom. The van der Waals surface area contributed by atoms with Crippen LogP contribution in [0.2, 0.25) is 0 Å². The maximum absolute atomic E-state index is 3.07. The fourth-order valence-electron chi connectivity index (χ4n) is 3.10. The van der Waals surface area contributed by atoms with Gasteiger partial charge in [-0.25, -0.2) is 0 Å². The van der Waals surface area contributed by atoms with Gasteiger partial charge in [-0.3, -0.25) is 0 Å². The van der Waals surface area contributed by atoms with Crippen LogP contribution in [0.4, 0.5) is 0 Å². The van der Waals surface area contributed by atoms with Crippen molar-refractivity contribution in [2.75, 3.05) is 0 Å². The van der Waals surface area contributed by atoms with E-state index in [1.54, 1.807) is 0 Å². The molecule has 12 heavy (non-hydrogen) atoms. The predicted molar refractivity (Wildman–Crippen MR) is 61.7 cm³/mol. The Labute approximate surface area is 80.7 Å². The molecule has 70 valence electrons. The summed E-state index contributed by atoms with van der Waals surface area (Å²) in [7, 11) is 6.15. The second kappa shape index (κ2) is 3.93. The minimum Gasteiger partial charge on any atom is -0.134 e. The molecule has 4 unspecified atom stereocenters. The number of rotatable bonds is 1. The molecule has 0 N–H and O–H groups in total. The maximum atomic E-state index is 3.07. The molecule has 0 saturated heterocycles. The average molecular weight is 202 g/mol. The summed E-state index contributed by atoms with van der Waals surface area (Å²) in [5, 5.41) is 0. The van der Waals surface area contributed by atoms with Crippen molar-refractivity contribution in [3.63, 3.8) is 0 Å². The van der Waals surface area contributed by atoms with Gasteiger partial charge < -0.3 is 0 Å². The SMILES string of the molecule is PC1CCC[C@H]1[C@@H]1CCCC1P. The van der Waals surface area contributed by atoms with E-state index in [1.807, 2.05) is 0 Å². The van der Waals surface area contributed by atoms with Crippen LogP contribution in [0.25, 0.3) is 0 Å². The van der Waals surface area contributed by atoms with E-state index in [1.165, 1.54) is 38.5 Å². The quantitative estimate of drug-likeness (QED) is 0.573. The van der Waals surface area contributed by atoms with Gasteiger partial charge in [0.2, 0.25) is 0 Å². The fourth-order valence-corrected chi connectivity index (χ4v) is 4.53. The molecule has 2 heteroatoms. The van der Waals surface area contributed by atoms with Crippen molar-refractivity contribution in [3.8, 4) is 0 Å². The minimum atomic E-state index is 0.941. The lowest BCUT2D eigenvalue weighted by Gasteiger charge is -2.26. The first-order valence-electron chi connectivity index (χ1n) is 5.30. The average Bonchev–Trinajstić information content (AvgIpc) is 2.59. The zero-order valence-corrected chi connectivity index (χ0v) is 10.0. The molecule has 6 atom stereocenters. The predicted octanol–water partition coefficient (Wildman–Crippen LogP) is 3.07. The first kappa shape index (κ1) is 9.42. The van der Waals surface area contributed by atoms with Crippen LogP contribution >= 0.6 is 18.5 Å². The second-order valence-electron chi connectivity index (χ2n) is 4.52. The van der Waals surface area contributed by atoms with Crippen LogP contribution in [0.5, 0.6) is 0 Å². The van der Waals surface area contributed by atoms with Crippen LogP contribution in [0.15, 0.2) is 0 Å². The van der Waals surface area contributed by atoms with E-state index in [0.717, 1.165) is 23.2 Å². The van der Waals surface area contributed by atoms with E-state index < -0.39 is 0 Å². The first-order valence-corrected chi connectivity index (χ1v) is 6.63. The third-order valence-corrected chi connectivity index (χ3v) is 5.46. The van der Waals surface area contributed by atoms with E-state index >= 15 is 0 Å². The van der Waals surface area contributed by atoms with Gasteiger partial charge >= 0.3 is 0 Å². The zero-order chi connectivity index (χ0) is 8.55. The van der Waals surface area contributed by atoms with Gasteiger partial charge in [0.15, 0.2) is 0 Å². The molecule has 0 aromatic carbocycles. The van der Waals surface area contributed by atoms with E-state index in [2.05, 4.69) is 18.5 Å². The second-order valence-corrected chi connectivity index (χ2v) is 6.23. The van der Waals surface area contributed by atoms with Crippen molar-refractivity contribution in [2.24, 2.45) is 11.8 Å². The van der Waals surface area contributed by atoms with Crippen molar-refractivity contribution in [1.82, 2.24) is 0 Å². The summed E-state index contributed by atoms with van der Waals surface area (Å²) >= 11 is 0. The van der Waals surface area contributed by atoms with Crippen molar-refractivity contribution >= 4 is 18.5 Å². The van der Waals surface area contributed by atoms with Gasteiger partial charge in [-0.2, -0.15) is 0 Å². The van der Waals surface area contributed by atoms with E-state index in [-0.39, 0.29) is 0 Å². The lowest BCUT2D eigenvalue weighted by molar-refractivity contribution is 0.360. The van der Waals surface area contributed by atoms with Crippen molar-refractivity contribution < 1.29 is 0 Å². The topological polar surface area (TPSA) is 0 Å². The Morgan fingerprint density at radius 1 is 0.667 bits per heavy atom. The van der Waals surface area contributed by atoms with E-state index in [9.17, 15) is 0 Å². The summed E-state index contributed by atoms with van der Waals surface area (Å²) < 4.78 is 0. The molecule has 2 fully saturated rings. The molecule has 0 aliphatic heterocycles. The van der Waals surface area contributed by atoms with E-state index in [4.69, 9.17) is 0 Å². The summed E-state index contributed by atoms with van der Waals surface area (Å²) in [6.07, 6.45) is 8.89. The Bertz CT molecular complexity index is 140. The van der Waals surface area contributed by atoms with Gasteiger partial charge in [-0.1, -0.05) is 12.8 Å². The first-order chi connectivity index (χ1) is 5.79. The third kappa shape index (κ3) is 1.71. The molecular weight excluding hydrogens is 182 g/mol. The molecule has 0 aromatic rings. The van der Waals surface area contributed by atoms with Crippen molar-refractivity contribution in [2.45, 2.75) is 49.8 Å². The highest BCUT2D eigenvalue weighted by atomic mass is 31.0. The fraction of sp³-hybridized carbons (Fsp3) is 1.00. The van der Waals surface area contributed by atoms with Crippen LogP contribution in [-0.2, 0) is 0 Å². The molecule has 0 amide bonds. The highest BCUT2D eigenvalue weighted by molar-refractivity contribution is 7.18. The summed E-state index contributed by atoms with van der Waals surface area (Å²) in [5.74, 6) is 2.08. The minimum absolute atomic E-state index is 0.941. The molecular formula is C10H20P2. The Morgan fingerprint density at radius 3 is 1.33 bits per heavy atom. The Hall–Kier alpha value is 0.860. The monoisotopic (exact) mass is 202 g/mol. The third-order valence-electron chi connectivity index (χ3n) is 3.80. The number of hydrogen-bond donors (Lipinski definition) is 0. The van der Waals surface area contributed by atoms with Crippen LogP contribution in [0, 0.1) is 11.8 Å². The van der Waals surface area contributed by atoms with Gasteiger partial charge in [-0.05, 0) is 48.8 Å². The largest absolute Gasteiger partial charge is 0.134 e. The Balaban J connectivity index is 1.98. The summed E-state index contributed by atoms with van der Waals surface area (Å²) in [4.78, 5) is 0. The molecule has 0 heterocycles.